The molecular weight excluding hydrogens is 497 g/mol. The second kappa shape index (κ2) is 9.21. The molecule has 2 aliphatic rings. The summed E-state index contributed by atoms with van der Waals surface area (Å²) in [6.45, 7) is 1.51. The number of ether oxygens (including phenoxy) is 1. The van der Waals surface area contributed by atoms with E-state index < -0.39 is 27.7 Å². The largest absolute Gasteiger partial charge is 0.479 e. The summed E-state index contributed by atoms with van der Waals surface area (Å²) < 4.78 is 67.3. The van der Waals surface area contributed by atoms with E-state index in [0.717, 1.165) is 18.5 Å². The lowest BCUT2D eigenvalue weighted by Gasteiger charge is -2.37. The van der Waals surface area contributed by atoms with Gasteiger partial charge in [-0.05, 0) is 31.0 Å². The van der Waals surface area contributed by atoms with Crippen molar-refractivity contribution in [3.63, 3.8) is 0 Å². The molecule has 0 unspecified atom stereocenters. The van der Waals surface area contributed by atoms with Gasteiger partial charge in [0, 0.05) is 44.5 Å². The molecule has 2 fully saturated rings. The van der Waals surface area contributed by atoms with Crippen LogP contribution in [-0.4, -0.2) is 67.2 Å². The Hall–Kier alpha value is -2.60. The van der Waals surface area contributed by atoms with Gasteiger partial charge in [0.2, 0.25) is 0 Å². The molecule has 0 saturated carbocycles. The fourth-order valence-electron chi connectivity index (χ4n) is 4.17. The van der Waals surface area contributed by atoms with Gasteiger partial charge >= 0.3 is 6.18 Å². The second-order valence-corrected chi connectivity index (χ2v) is 10.6. The molecule has 0 bridgehead atoms. The molecule has 8 nitrogen and oxygen atoms in total. The van der Waals surface area contributed by atoms with Gasteiger partial charge in [0.15, 0.2) is 21.0 Å². The summed E-state index contributed by atoms with van der Waals surface area (Å²) in [5.74, 6) is 0.453. The van der Waals surface area contributed by atoms with Crippen LogP contribution >= 0.6 is 11.6 Å². The Kier molecular flexibility index (Phi) is 6.65. The van der Waals surface area contributed by atoms with E-state index in [1.54, 1.807) is 4.90 Å². The van der Waals surface area contributed by atoms with Gasteiger partial charge in [-0.2, -0.15) is 13.2 Å². The van der Waals surface area contributed by atoms with E-state index in [-0.39, 0.29) is 22.0 Å². The van der Waals surface area contributed by atoms with Crippen LogP contribution in [0.15, 0.2) is 35.6 Å². The van der Waals surface area contributed by atoms with Crippen LogP contribution in [0.4, 0.5) is 19.0 Å². The normalized spacial score (nSPS) is 20.1. The number of rotatable bonds is 5. The molecule has 0 spiro atoms. The Bertz CT molecular complexity index is 1170. The van der Waals surface area contributed by atoms with Gasteiger partial charge in [-0.15, -0.1) is 0 Å². The Labute approximate surface area is 199 Å². The van der Waals surface area contributed by atoms with Crippen molar-refractivity contribution in [2.45, 2.75) is 42.6 Å². The Balaban J connectivity index is 1.34. The number of hydrogen-bond donors (Lipinski definition) is 0. The minimum atomic E-state index is -4.51. The van der Waals surface area contributed by atoms with E-state index in [2.05, 4.69) is 9.97 Å². The maximum Gasteiger partial charge on any atom is 0.417 e. The first-order chi connectivity index (χ1) is 15.9. The smallest absolute Gasteiger partial charge is 0.417 e. The number of amides is 1. The van der Waals surface area contributed by atoms with Crippen molar-refractivity contribution >= 4 is 33.2 Å². The number of aromatic nitrogens is 2. The highest BCUT2D eigenvalue weighted by Crippen LogP contribution is 2.35. The van der Waals surface area contributed by atoms with Crippen LogP contribution in [0.1, 0.15) is 24.8 Å². The molecule has 13 heteroatoms. The molecule has 184 valence electrons. The summed E-state index contributed by atoms with van der Waals surface area (Å²) in [6, 6.07) is 3.65. The van der Waals surface area contributed by atoms with Crippen molar-refractivity contribution in [3.05, 3.63) is 41.2 Å². The van der Waals surface area contributed by atoms with Crippen molar-refractivity contribution in [2.24, 2.45) is 0 Å². The first-order valence-electron chi connectivity index (χ1n) is 10.5. The molecule has 1 amide bonds. The number of hydrogen-bond acceptors (Lipinski definition) is 7. The Morgan fingerprint density at radius 1 is 1.09 bits per heavy atom. The number of nitrogens with zero attached hydrogens (tertiary/aromatic N) is 4. The number of pyridine rings is 2. The predicted octanol–water partition coefficient (Wildman–Crippen LogP) is 3.20. The van der Waals surface area contributed by atoms with Crippen molar-refractivity contribution in [2.75, 3.05) is 30.8 Å². The molecule has 0 aromatic carbocycles. The van der Waals surface area contributed by atoms with Crippen LogP contribution in [-0.2, 0) is 20.8 Å². The SMILES string of the molecule is CS(=O)(=O)c1ccc(O[C@H]2CCN(C3CCN(c4ncc(C(F)(F)F)cc4Cl)CC3)C2=O)cn1. The number of likely N-dealkylation sites (tertiary alicyclic amines) is 1. The van der Waals surface area contributed by atoms with Crippen LogP contribution < -0.4 is 9.64 Å². The zero-order chi connectivity index (χ0) is 24.7. The molecule has 2 aliphatic heterocycles. The highest BCUT2D eigenvalue weighted by atomic mass is 35.5. The molecule has 2 aromatic rings. The average Bonchev–Trinajstić information content (AvgIpc) is 3.13. The molecule has 34 heavy (non-hydrogen) atoms. The van der Waals surface area contributed by atoms with Crippen LogP contribution in [0.5, 0.6) is 5.75 Å². The molecule has 0 aliphatic carbocycles. The number of piperidine rings is 1. The Morgan fingerprint density at radius 2 is 1.79 bits per heavy atom. The third-order valence-electron chi connectivity index (χ3n) is 5.91. The fourth-order valence-corrected chi connectivity index (χ4v) is 5.02. The van der Waals surface area contributed by atoms with Gasteiger partial charge < -0.3 is 14.5 Å². The lowest BCUT2D eigenvalue weighted by Crippen LogP contribution is -2.47. The highest BCUT2D eigenvalue weighted by Gasteiger charge is 2.39. The van der Waals surface area contributed by atoms with Gasteiger partial charge in [0.05, 0.1) is 16.8 Å². The fraction of sp³-hybridized carbons (Fsp3) is 0.476. The molecule has 2 aromatic heterocycles. The molecule has 1 atom stereocenters. The number of carbonyl (C=O) groups is 1. The van der Waals surface area contributed by atoms with E-state index in [4.69, 9.17) is 16.3 Å². The van der Waals surface area contributed by atoms with E-state index in [0.29, 0.717) is 50.5 Å². The molecule has 0 N–H and O–H groups in total. The van der Waals surface area contributed by atoms with Crippen molar-refractivity contribution < 1.29 is 31.1 Å². The third-order valence-corrected chi connectivity index (χ3v) is 7.19. The minimum Gasteiger partial charge on any atom is -0.479 e. The standard InChI is InChI=1S/C21H22ClF3N4O4S/c1-34(31,32)18-3-2-15(12-26-18)33-17-6-9-29(20(17)30)14-4-7-28(8-5-14)19-16(22)10-13(11-27-19)21(23,24)25/h2-3,10-12,14,17H,4-9H2,1H3/t17-/m0/s1. The third kappa shape index (κ3) is 5.22. The van der Waals surface area contributed by atoms with Gasteiger partial charge in [0.25, 0.3) is 5.91 Å². The maximum absolute atomic E-state index is 12.9. The lowest BCUT2D eigenvalue weighted by atomic mass is 10.0. The van der Waals surface area contributed by atoms with E-state index in [9.17, 15) is 26.4 Å². The van der Waals surface area contributed by atoms with Crippen LogP contribution in [0, 0.1) is 0 Å². The van der Waals surface area contributed by atoms with Gasteiger partial charge in [-0.25, -0.2) is 18.4 Å². The van der Waals surface area contributed by atoms with Crippen LogP contribution in [0.3, 0.4) is 0 Å². The van der Waals surface area contributed by atoms with Gasteiger partial charge in [0.1, 0.15) is 11.6 Å². The zero-order valence-electron chi connectivity index (χ0n) is 18.1. The van der Waals surface area contributed by atoms with Gasteiger partial charge in [-0.1, -0.05) is 11.6 Å². The molecule has 2 saturated heterocycles. The van der Waals surface area contributed by atoms with E-state index in [1.807, 2.05) is 4.90 Å². The lowest BCUT2D eigenvalue weighted by molar-refractivity contribution is -0.138. The summed E-state index contributed by atoms with van der Waals surface area (Å²) in [5, 5.41) is -0.136. The molecule has 0 radical (unpaired) electrons. The van der Waals surface area contributed by atoms with E-state index in [1.165, 1.54) is 18.3 Å². The van der Waals surface area contributed by atoms with Crippen LogP contribution in [0.25, 0.3) is 0 Å². The van der Waals surface area contributed by atoms with Gasteiger partial charge in [-0.3, -0.25) is 4.79 Å². The summed E-state index contributed by atoms with van der Waals surface area (Å²) >= 11 is 6.06. The van der Waals surface area contributed by atoms with Crippen molar-refractivity contribution in [1.82, 2.24) is 14.9 Å². The van der Waals surface area contributed by atoms with Crippen molar-refractivity contribution in [1.29, 1.82) is 0 Å². The number of carbonyl (C=O) groups excluding carboxylic acids is 1. The minimum absolute atomic E-state index is 0.0312. The Morgan fingerprint density at radius 3 is 2.35 bits per heavy atom. The monoisotopic (exact) mass is 518 g/mol. The first-order valence-corrected chi connectivity index (χ1v) is 12.8. The summed E-state index contributed by atoms with van der Waals surface area (Å²) in [5.41, 5.74) is -0.897. The number of sulfone groups is 1. The molecule has 4 heterocycles. The second-order valence-electron chi connectivity index (χ2n) is 8.28. The van der Waals surface area contributed by atoms with Crippen molar-refractivity contribution in [3.8, 4) is 5.75 Å². The number of halogens is 4. The summed E-state index contributed by atoms with van der Waals surface area (Å²) in [7, 11) is -3.43. The number of alkyl halides is 3. The number of anilines is 1. The molecular formula is C21H22ClF3N4O4S. The average molecular weight is 519 g/mol. The predicted molar refractivity (Wildman–Crippen MR) is 118 cm³/mol. The highest BCUT2D eigenvalue weighted by molar-refractivity contribution is 7.90. The topological polar surface area (TPSA) is 92.7 Å². The quantitative estimate of drug-likeness (QED) is 0.600. The summed E-state index contributed by atoms with van der Waals surface area (Å²) in [6.07, 6.45) is -0.370. The maximum atomic E-state index is 12.9. The first kappa shape index (κ1) is 24.5. The zero-order valence-corrected chi connectivity index (χ0v) is 19.7. The summed E-state index contributed by atoms with van der Waals surface area (Å²) in [4.78, 5) is 24.3. The van der Waals surface area contributed by atoms with Crippen LogP contribution in [0.2, 0.25) is 5.02 Å². The molecule has 4 rings (SSSR count). The van der Waals surface area contributed by atoms with E-state index >= 15 is 0 Å².